The van der Waals surface area contributed by atoms with Gasteiger partial charge in [-0.15, -0.1) is 0 Å². The van der Waals surface area contributed by atoms with Crippen molar-refractivity contribution >= 4 is 63.7 Å². The average molecular weight is 830 g/mol. The van der Waals surface area contributed by atoms with Crippen LogP contribution in [0.5, 0.6) is 5.75 Å². The number of alkyl halides is 3. The number of anilines is 4. The average Bonchev–Trinajstić information content (AvgIpc) is 3.44. The third-order valence-electron chi connectivity index (χ3n) is 12.0. The van der Waals surface area contributed by atoms with E-state index in [1.165, 1.54) is 11.0 Å². The summed E-state index contributed by atoms with van der Waals surface area (Å²) in [6.07, 6.45) is 0.967. The normalized spacial score (nSPS) is 20.2. The summed E-state index contributed by atoms with van der Waals surface area (Å²) in [5, 5.41) is 17.9. The number of hydrogen-bond donors (Lipinski definition) is 3. The highest BCUT2D eigenvalue weighted by Gasteiger charge is 2.59. The number of piperidine rings is 2. The lowest BCUT2D eigenvalue weighted by atomic mass is 9.75. The maximum absolute atomic E-state index is 14.0. The highest BCUT2D eigenvalue weighted by molar-refractivity contribution is 7.81. The minimum Gasteiger partial charge on any atom is -0.493 e. The van der Waals surface area contributed by atoms with Crippen molar-refractivity contribution in [1.29, 1.82) is 5.26 Å². The zero-order valence-corrected chi connectivity index (χ0v) is 33.7. The second kappa shape index (κ2) is 17.0. The molecule has 3 heterocycles. The number of carbonyl (C=O) groups is 4. The molecule has 3 aromatic rings. The molecule has 2 atom stereocenters. The third kappa shape index (κ3) is 8.49. The number of hydrogen-bond acceptors (Lipinski definition) is 9. The highest BCUT2D eigenvalue weighted by atomic mass is 32.1. The summed E-state index contributed by atoms with van der Waals surface area (Å²) in [4.78, 5) is 56.0. The van der Waals surface area contributed by atoms with Crippen molar-refractivity contribution in [1.82, 2.24) is 10.2 Å². The molecule has 7 rings (SSSR count). The molecule has 3 aliphatic heterocycles. The fraction of sp³-hybridized carbons (Fsp3) is 0.442. The number of likely N-dealkylation sites (tertiary alicyclic amines) is 1. The third-order valence-corrected chi connectivity index (χ3v) is 12.4. The first-order chi connectivity index (χ1) is 28.2. The molecule has 4 fully saturated rings. The van der Waals surface area contributed by atoms with Gasteiger partial charge >= 0.3 is 6.18 Å². The fourth-order valence-corrected chi connectivity index (χ4v) is 8.90. The van der Waals surface area contributed by atoms with Gasteiger partial charge in [0.05, 0.1) is 35.5 Å². The van der Waals surface area contributed by atoms with E-state index in [0.717, 1.165) is 56.5 Å². The van der Waals surface area contributed by atoms with Gasteiger partial charge in [-0.05, 0) is 150 Å². The molecule has 1 spiro atoms. The number of benzene rings is 3. The van der Waals surface area contributed by atoms with Crippen molar-refractivity contribution < 1.29 is 37.1 Å². The van der Waals surface area contributed by atoms with Crippen molar-refractivity contribution in [2.45, 2.75) is 95.4 Å². The molecule has 3 aromatic carbocycles. The van der Waals surface area contributed by atoms with Crippen LogP contribution in [-0.2, 0) is 31.8 Å². The second-order valence-corrected chi connectivity index (χ2v) is 16.0. The highest BCUT2D eigenvalue weighted by Crippen LogP contribution is 2.49. The van der Waals surface area contributed by atoms with Gasteiger partial charge in [-0.25, -0.2) is 0 Å². The minimum atomic E-state index is -4.78. The number of rotatable bonds is 12. The summed E-state index contributed by atoms with van der Waals surface area (Å²) in [6.45, 7) is 5.92. The second-order valence-electron chi connectivity index (χ2n) is 15.6. The van der Waals surface area contributed by atoms with E-state index in [1.54, 1.807) is 29.2 Å². The monoisotopic (exact) mass is 829 g/mol. The Bertz CT molecular complexity index is 2200. The largest absolute Gasteiger partial charge is 0.493 e. The van der Waals surface area contributed by atoms with Crippen LogP contribution in [0, 0.1) is 17.2 Å². The number of thiocarbonyl (C=S) groups is 1. The molecule has 3 saturated heterocycles. The Morgan fingerprint density at radius 3 is 2.42 bits per heavy atom. The van der Waals surface area contributed by atoms with Crippen LogP contribution in [0.15, 0.2) is 60.7 Å². The van der Waals surface area contributed by atoms with Crippen molar-refractivity contribution in [2.75, 3.05) is 40.1 Å². The summed E-state index contributed by atoms with van der Waals surface area (Å²) in [5.41, 5.74) is 0.199. The summed E-state index contributed by atoms with van der Waals surface area (Å²) < 4.78 is 47.9. The van der Waals surface area contributed by atoms with E-state index < -0.39 is 28.9 Å². The number of nitrogens with one attached hydrogen (secondary N) is 3. The Labute approximate surface area is 346 Å². The predicted octanol–water partition coefficient (Wildman–Crippen LogP) is 6.93. The number of nitriles is 1. The molecular formula is C43H46F3N7O5S. The van der Waals surface area contributed by atoms with Crippen molar-refractivity contribution in [3.8, 4) is 11.8 Å². The van der Waals surface area contributed by atoms with E-state index in [0.29, 0.717) is 61.0 Å². The van der Waals surface area contributed by atoms with Crippen LogP contribution in [0.2, 0.25) is 0 Å². The molecule has 0 bridgehead atoms. The van der Waals surface area contributed by atoms with Crippen LogP contribution in [-0.4, -0.2) is 71.0 Å². The lowest BCUT2D eigenvalue weighted by molar-refractivity contribution is -0.138. The maximum Gasteiger partial charge on any atom is 0.417 e. The van der Waals surface area contributed by atoms with Crippen LogP contribution in [0.4, 0.5) is 35.9 Å². The SMILES string of the molecule is CCc1cc(N2C(=S)N(c3ccc(C#N)c(C(F)(F)F)c3)C(=O)C23CCC3)ccc1OCCC1CCN([C@@H](C)C(=O)Nc2cccc(NC3CCC(=O)NC3=O)c2)CC1. The van der Waals surface area contributed by atoms with Gasteiger partial charge in [-0.1, -0.05) is 13.0 Å². The number of imide groups is 1. The van der Waals surface area contributed by atoms with E-state index in [4.69, 9.17) is 17.0 Å². The molecule has 0 aromatic heterocycles. The number of aryl methyl sites for hydroxylation is 1. The Morgan fingerprint density at radius 1 is 1.03 bits per heavy atom. The predicted molar refractivity (Wildman–Crippen MR) is 220 cm³/mol. The van der Waals surface area contributed by atoms with E-state index in [-0.39, 0.29) is 46.9 Å². The number of nitrogens with zero attached hydrogens (tertiary/aromatic N) is 4. The van der Waals surface area contributed by atoms with Crippen molar-refractivity contribution in [3.05, 3.63) is 77.4 Å². The van der Waals surface area contributed by atoms with Crippen LogP contribution in [0.3, 0.4) is 0 Å². The number of halogens is 3. The van der Waals surface area contributed by atoms with Gasteiger partial charge in [-0.3, -0.25) is 34.3 Å². The lowest BCUT2D eigenvalue weighted by Gasteiger charge is -2.43. The summed E-state index contributed by atoms with van der Waals surface area (Å²) in [6, 6.07) is 16.8. The molecule has 310 valence electrons. The lowest BCUT2D eigenvalue weighted by Crippen LogP contribution is -2.55. The molecule has 1 aliphatic carbocycles. The summed E-state index contributed by atoms with van der Waals surface area (Å²) in [7, 11) is 0. The van der Waals surface area contributed by atoms with E-state index >= 15 is 0 Å². The molecule has 4 aliphatic rings. The molecule has 1 saturated carbocycles. The minimum absolute atomic E-state index is 0.0248. The molecule has 1 unspecified atom stereocenters. The smallest absolute Gasteiger partial charge is 0.417 e. The van der Waals surface area contributed by atoms with Crippen LogP contribution < -0.4 is 30.5 Å². The number of carbonyl (C=O) groups excluding carboxylic acids is 4. The van der Waals surface area contributed by atoms with Gasteiger partial charge in [0.1, 0.15) is 17.3 Å². The number of amides is 4. The van der Waals surface area contributed by atoms with Gasteiger partial charge in [0.25, 0.3) is 5.91 Å². The fourth-order valence-electron chi connectivity index (χ4n) is 8.43. The molecule has 59 heavy (non-hydrogen) atoms. The van der Waals surface area contributed by atoms with Gasteiger partial charge in [-0.2, -0.15) is 18.4 Å². The zero-order chi connectivity index (χ0) is 42.1. The Morgan fingerprint density at radius 2 is 1.76 bits per heavy atom. The van der Waals surface area contributed by atoms with E-state index in [9.17, 15) is 37.6 Å². The summed E-state index contributed by atoms with van der Waals surface area (Å²) in [5.74, 6) is -0.0135. The maximum atomic E-state index is 14.0. The van der Waals surface area contributed by atoms with E-state index in [1.807, 2.05) is 38.1 Å². The van der Waals surface area contributed by atoms with Gasteiger partial charge in [0, 0.05) is 23.5 Å². The molecule has 12 nitrogen and oxygen atoms in total. The molecular weight excluding hydrogens is 784 g/mol. The van der Waals surface area contributed by atoms with Gasteiger partial charge < -0.3 is 20.3 Å². The Balaban J connectivity index is 0.923. The van der Waals surface area contributed by atoms with Gasteiger partial charge in [0.15, 0.2) is 5.11 Å². The Hall–Kier alpha value is -5.53. The quantitative estimate of drug-likeness (QED) is 0.130. The molecule has 0 radical (unpaired) electrons. The van der Waals surface area contributed by atoms with Gasteiger partial charge in [0.2, 0.25) is 17.7 Å². The van der Waals surface area contributed by atoms with E-state index in [2.05, 4.69) is 20.9 Å². The molecule has 3 N–H and O–H groups in total. The molecule has 4 amide bonds. The molecule has 16 heteroatoms. The number of ether oxygens (including phenoxy) is 1. The van der Waals surface area contributed by atoms with Crippen LogP contribution in [0.1, 0.15) is 81.9 Å². The van der Waals surface area contributed by atoms with Crippen LogP contribution in [0.25, 0.3) is 0 Å². The first-order valence-electron chi connectivity index (χ1n) is 20.0. The standard InChI is InChI=1S/C43H46F3N7O5S/c1-3-28-22-33(53-41(59)52(40(57)42(53)17-5-18-42)32-9-8-29(25-47)34(24-32)43(44,45)46)10-12-36(28)58-21-16-27-14-19-51(20-15-27)26(2)38(55)49-31-7-4-6-30(23-31)48-35-11-13-37(54)50-39(35)56/h4,6-10,12,22-24,26-27,35,48H,3,5,11,13-21H2,1-2H3,(H,49,55)(H,50,54,56)/t26-,35?/m0/s1. The zero-order valence-electron chi connectivity index (χ0n) is 32.9. The van der Waals surface area contributed by atoms with Crippen molar-refractivity contribution in [3.63, 3.8) is 0 Å². The topological polar surface area (TPSA) is 147 Å². The summed E-state index contributed by atoms with van der Waals surface area (Å²) >= 11 is 5.81. The van der Waals surface area contributed by atoms with Crippen LogP contribution >= 0.6 is 12.2 Å². The van der Waals surface area contributed by atoms with Crippen molar-refractivity contribution in [2.24, 2.45) is 5.92 Å². The first kappa shape index (κ1) is 41.6. The first-order valence-corrected chi connectivity index (χ1v) is 20.4. The Kier molecular flexibility index (Phi) is 12.0.